The zero-order chi connectivity index (χ0) is 29.1. The molecule has 2 aromatic carbocycles. The van der Waals surface area contributed by atoms with E-state index in [1.165, 1.54) is 18.2 Å². The summed E-state index contributed by atoms with van der Waals surface area (Å²) in [6.07, 6.45) is 5.83. The number of hydrogen-bond donors (Lipinski definition) is 2. The number of rotatable bonds is 7. The molecule has 2 aromatic rings. The van der Waals surface area contributed by atoms with Crippen molar-refractivity contribution in [1.82, 2.24) is 10.4 Å². The van der Waals surface area contributed by atoms with E-state index in [0.29, 0.717) is 17.9 Å². The Morgan fingerprint density at radius 3 is 2.34 bits per heavy atom. The molecule has 3 aliphatic rings. The summed E-state index contributed by atoms with van der Waals surface area (Å²) in [6.45, 7) is 8.65. The molecule has 1 aliphatic carbocycles. The molecule has 0 radical (unpaired) electrons. The van der Waals surface area contributed by atoms with Crippen molar-refractivity contribution < 1.29 is 19.5 Å². The van der Waals surface area contributed by atoms with Crippen LogP contribution < -0.4 is 10.4 Å². The molecule has 220 valence electrons. The van der Waals surface area contributed by atoms with Crippen molar-refractivity contribution in [3.63, 3.8) is 0 Å². The Kier molecular flexibility index (Phi) is 8.92. The zero-order valence-electron chi connectivity index (χ0n) is 24.9. The van der Waals surface area contributed by atoms with Gasteiger partial charge in [-0.25, -0.2) is 5.48 Å². The van der Waals surface area contributed by atoms with Crippen LogP contribution in [0.4, 0.5) is 5.69 Å². The molecule has 2 fully saturated rings. The van der Waals surface area contributed by atoms with Gasteiger partial charge >= 0.3 is 0 Å². The topological polar surface area (TPSA) is 94.5 Å². The van der Waals surface area contributed by atoms with Crippen molar-refractivity contribution in [2.24, 2.45) is 16.8 Å². The van der Waals surface area contributed by atoms with E-state index in [9.17, 15) is 14.7 Å². The minimum atomic E-state index is -0.630. The lowest BCUT2D eigenvalue weighted by Gasteiger charge is -2.38. The minimum Gasteiger partial charge on any atom is -0.390 e. The summed E-state index contributed by atoms with van der Waals surface area (Å²) in [5.74, 6) is 0.771. The summed E-state index contributed by atoms with van der Waals surface area (Å²) >= 11 is 0. The molecule has 8 heteroatoms. The lowest BCUT2D eigenvalue weighted by molar-refractivity contribution is -0.136. The second kappa shape index (κ2) is 12.4. The fraction of sp³-hybridized carbons (Fsp3) is 0.545. The van der Waals surface area contributed by atoms with Crippen molar-refractivity contribution in [2.45, 2.75) is 83.9 Å². The normalized spacial score (nSPS) is 23.0. The SMILES string of the molecule is CONC(=O)C1CCC(N2C(=NC(=O)c3ccc(C)cc3)Cc3ccc(CN4CCC(C(C)(C)O)CC4)cc32)CC1. The Morgan fingerprint density at radius 2 is 1.71 bits per heavy atom. The van der Waals surface area contributed by atoms with E-state index in [1.54, 1.807) is 0 Å². The molecule has 0 spiro atoms. The fourth-order valence-corrected chi connectivity index (χ4v) is 6.69. The highest BCUT2D eigenvalue weighted by Crippen LogP contribution is 2.38. The van der Waals surface area contributed by atoms with Crippen LogP contribution in [0.5, 0.6) is 0 Å². The standard InChI is InChI=1S/C33H44N4O4/c1-22-5-8-24(9-6-22)31(38)34-30-20-26-10-7-23(21-36-17-15-27(16-18-36)33(2,3)40)19-29(26)37(30)28-13-11-25(12-14-28)32(39)35-41-4/h5-10,19,25,27-28,40H,11-18,20-21H2,1-4H3,(H,35,39). The first-order chi connectivity index (χ1) is 19.6. The largest absolute Gasteiger partial charge is 0.390 e. The van der Waals surface area contributed by atoms with Gasteiger partial charge in [0.2, 0.25) is 5.91 Å². The van der Waals surface area contributed by atoms with Crippen LogP contribution in [0.3, 0.4) is 0 Å². The van der Waals surface area contributed by atoms with E-state index in [-0.39, 0.29) is 23.8 Å². The Morgan fingerprint density at radius 1 is 1.02 bits per heavy atom. The van der Waals surface area contributed by atoms with Crippen LogP contribution in [0.15, 0.2) is 47.5 Å². The van der Waals surface area contributed by atoms with Crippen LogP contribution in [-0.4, -0.2) is 59.5 Å². The average Bonchev–Trinajstić information content (AvgIpc) is 3.30. The number of benzene rings is 2. The molecule has 2 aliphatic heterocycles. The van der Waals surface area contributed by atoms with E-state index >= 15 is 0 Å². The summed E-state index contributed by atoms with van der Waals surface area (Å²) in [4.78, 5) is 39.9. The second-order valence-corrected chi connectivity index (χ2v) is 12.6. The summed E-state index contributed by atoms with van der Waals surface area (Å²) in [7, 11) is 1.46. The van der Waals surface area contributed by atoms with Crippen molar-refractivity contribution in [2.75, 3.05) is 25.1 Å². The Hall–Kier alpha value is -3.07. The Bertz CT molecular complexity index is 1270. The molecule has 8 nitrogen and oxygen atoms in total. The zero-order valence-corrected chi connectivity index (χ0v) is 24.9. The molecule has 0 aromatic heterocycles. The van der Waals surface area contributed by atoms with E-state index < -0.39 is 5.60 Å². The number of nitrogens with zero attached hydrogens (tertiary/aromatic N) is 3. The van der Waals surface area contributed by atoms with E-state index in [0.717, 1.165) is 75.2 Å². The molecule has 0 atom stereocenters. The molecule has 0 unspecified atom stereocenters. The number of amides is 2. The molecule has 2 heterocycles. The molecular formula is C33H44N4O4. The maximum Gasteiger partial charge on any atom is 0.278 e. The molecule has 5 rings (SSSR count). The van der Waals surface area contributed by atoms with Gasteiger partial charge in [0.25, 0.3) is 5.91 Å². The van der Waals surface area contributed by atoms with Gasteiger partial charge in [-0.2, -0.15) is 4.99 Å². The second-order valence-electron chi connectivity index (χ2n) is 12.6. The van der Waals surface area contributed by atoms with Crippen molar-refractivity contribution in [1.29, 1.82) is 0 Å². The van der Waals surface area contributed by atoms with Gasteiger partial charge in [0.1, 0.15) is 5.84 Å². The number of anilines is 1. The number of carbonyl (C=O) groups is 2. The summed E-state index contributed by atoms with van der Waals surface area (Å²) in [6, 6.07) is 14.4. The van der Waals surface area contributed by atoms with Gasteiger partial charge in [-0.3, -0.25) is 19.3 Å². The van der Waals surface area contributed by atoms with Crippen LogP contribution in [0.25, 0.3) is 0 Å². The van der Waals surface area contributed by atoms with Crippen LogP contribution in [0.2, 0.25) is 0 Å². The highest BCUT2D eigenvalue weighted by atomic mass is 16.6. The van der Waals surface area contributed by atoms with Crippen molar-refractivity contribution >= 4 is 23.3 Å². The molecule has 41 heavy (non-hydrogen) atoms. The number of piperidine rings is 1. The molecular weight excluding hydrogens is 516 g/mol. The maximum atomic E-state index is 13.2. The molecule has 1 saturated carbocycles. The predicted octanol–water partition coefficient (Wildman–Crippen LogP) is 4.82. The van der Waals surface area contributed by atoms with Crippen LogP contribution >= 0.6 is 0 Å². The number of likely N-dealkylation sites (tertiary alicyclic amines) is 1. The molecule has 1 saturated heterocycles. The number of hydroxylamine groups is 1. The smallest absolute Gasteiger partial charge is 0.278 e. The van der Waals surface area contributed by atoms with E-state index in [2.05, 4.69) is 38.5 Å². The van der Waals surface area contributed by atoms with Gasteiger partial charge in [-0.15, -0.1) is 0 Å². The number of aliphatic hydroxyl groups is 1. The lowest BCUT2D eigenvalue weighted by Crippen LogP contribution is -2.43. The van der Waals surface area contributed by atoms with Crippen LogP contribution in [0.1, 0.15) is 79.4 Å². The lowest BCUT2D eigenvalue weighted by atomic mass is 9.83. The quantitative estimate of drug-likeness (QED) is 0.472. The molecule has 0 bridgehead atoms. The predicted molar refractivity (Wildman–Crippen MR) is 161 cm³/mol. The summed E-state index contributed by atoms with van der Waals surface area (Å²) in [5.41, 5.74) is 7.12. The van der Waals surface area contributed by atoms with E-state index in [4.69, 9.17) is 4.84 Å². The first-order valence-electron chi connectivity index (χ1n) is 15.0. The molecule has 2 amide bonds. The number of carbonyl (C=O) groups excluding carboxylic acids is 2. The first kappa shape index (κ1) is 29.4. The van der Waals surface area contributed by atoms with Crippen LogP contribution in [-0.2, 0) is 22.6 Å². The van der Waals surface area contributed by atoms with Gasteiger partial charge in [0.05, 0.1) is 12.7 Å². The number of hydrogen-bond acceptors (Lipinski definition) is 5. The third-order valence-electron chi connectivity index (χ3n) is 9.19. The highest BCUT2D eigenvalue weighted by Gasteiger charge is 2.37. The minimum absolute atomic E-state index is 0.0631. The number of nitrogens with one attached hydrogen (secondary N) is 1. The third-order valence-corrected chi connectivity index (χ3v) is 9.19. The Labute approximate surface area is 243 Å². The number of aliphatic imine (C=N–C) groups is 1. The fourth-order valence-electron chi connectivity index (χ4n) is 6.69. The number of aryl methyl sites for hydroxylation is 1. The highest BCUT2D eigenvalue weighted by molar-refractivity contribution is 6.12. The van der Waals surface area contributed by atoms with Gasteiger partial charge in [0, 0.05) is 36.2 Å². The third kappa shape index (κ3) is 6.88. The number of fused-ring (bicyclic) bond motifs is 1. The average molecular weight is 561 g/mol. The van der Waals surface area contributed by atoms with Crippen molar-refractivity contribution in [3.8, 4) is 0 Å². The Balaban J connectivity index is 1.36. The van der Waals surface area contributed by atoms with Gasteiger partial charge < -0.3 is 10.0 Å². The number of amidine groups is 1. The monoisotopic (exact) mass is 560 g/mol. The maximum absolute atomic E-state index is 13.2. The molecule has 2 N–H and O–H groups in total. The van der Waals surface area contributed by atoms with E-state index in [1.807, 2.05) is 45.0 Å². The summed E-state index contributed by atoms with van der Waals surface area (Å²) < 4.78 is 0. The first-order valence-corrected chi connectivity index (χ1v) is 15.0. The van der Waals surface area contributed by atoms with Gasteiger partial charge in [-0.05, 0) is 108 Å². The van der Waals surface area contributed by atoms with Gasteiger partial charge in [0.15, 0.2) is 0 Å². The van der Waals surface area contributed by atoms with Crippen molar-refractivity contribution in [3.05, 3.63) is 64.7 Å². The summed E-state index contributed by atoms with van der Waals surface area (Å²) in [5, 5.41) is 10.4. The van der Waals surface area contributed by atoms with Crippen LogP contribution in [0, 0.1) is 18.8 Å². The van der Waals surface area contributed by atoms with Gasteiger partial charge in [-0.1, -0.05) is 29.8 Å².